The average molecular weight is 284 g/mol. The maximum Gasteiger partial charge on any atom is 0.312 e. The largest absolute Gasteiger partial charge is 0.481 e. The van der Waals surface area contributed by atoms with Crippen molar-refractivity contribution >= 4 is 5.97 Å². The molecule has 1 aromatic heterocycles. The molecule has 0 radical (unpaired) electrons. The molecule has 4 heteroatoms. The number of rotatable bonds is 4. The van der Waals surface area contributed by atoms with Crippen molar-refractivity contribution < 1.29 is 9.90 Å². The molecule has 1 aliphatic rings. The Morgan fingerprint density at radius 1 is 1.33 bits per heavy atom. The molecule has 1 aliphatic carbocycles. The van der Waals surface area contributed by atoms with Crippen molar-refractivity contribution in [1.29, 1.82) is 0 Å². The number of H-pyrrole nitrogens is 1. The lowest BCUT2D eigenvalue weighted by Gasteiger charge is -2.16. The van der Waals surface area contributed by atoms with Crippen LogP contribution in [0.25, 0.3) is 0 Å². The fourth-order valence-corrected chi connectivity index (χ4v) is 2.95. The Morgan fingerprint density at radius 3 is 2.81 bits per heavy atom. The zero-order valence-electron chi connectivity index (χ0n) is 12.2. The second-order valence-corrected chi connectivity index (χ2v) is 5.82. The molecule has 0 spiro atoms. The lowest BCUT2D eigenvalue weighted by Crippen LogP contribution is -2.17. The quantitative estimate of drug-likeness (QED) is 0.907. The molecule has 0 saturated carbocycles. The SMILES string of the molecule is Cc1ccc(CCc2nc3c([nH]2)CCCC3C(=O)O)cc1. The monoisotopic (exact) mass is 284 g/mol. The third-order valence-corrected chi connectivity index (χ3v) is 4.18. The number of nitrogens with zero attached hydrogens (tertiary/aromatic N) is 1. The fraction of sp³-hybridized carbons (Fsp3) is 0.412. The molecule has 0 amide bonds. The van der Waals surface area contributed by atoms with Crippen LogP contribution >= 0.6 is 0 Å². The molecule has 2 aromatic rings. The Hall–Kier alpha value is -2.10. The molecular weight excluding hydrogens is 264 g/mol. The van der Waals surface area contributed by atoms with Crippen molar-refractivity contribution in [3.05, 3.63) is 52.6 Å². The molecular formula is C17H20N2O2. The van der Waals surface area contributed by atoms with Crippen molar-refractivity contribution in [3.8, 4) is 0 Å². The van der Waals surface area contributed by atoms with Gasteiger partial charge >= 0.3 is 5.97 Å². The standard InChI is InChI=1S/C17H20N2O2/c1-11-5-7-12(8-6-11)9-10-15-18-14-4-2-3-13(17(20)21)16(14)19-15/h5-8,13H,2-4,9-10H2,1H3,(H,18,19)(H,20,21). The van der Waals surface area contributed by atoms with E-state index in [2.05, 4.69) is 41.2 Å². The van der Waals surface area contributed by atoms with Gasteiger partial charge in [0.1, 0.15) is 11.7 Å². The molecule has 0 aliphatic heterocycles. The summed E-state index contributed by atoms with van der Waals surface area (Å²) in [5.41, 5.74) is 4.32. The van der Waals surface area contributed by atoms with Crippen molar-refractivity contribution in [2.24, 2.45) is 0 Å². The number of aryl methyl sites for hydroxylation is 4. The summed E-state index contributed by atoms with van der Waals surface area (Å²) in [6.07, 6.45) is 4.28. The molecule has 1 aromatic carbocycles. The van der Waals surface area contributed by atoms with Crippen LogP contribution in [0.4, 0.5) is 0 Å². The molecule has 1 unspecified atom stereocenters. The first-order valence-electron chi connectivity index (χ1n) is 7.49. The average Bonchev–Trinajstić information content (AvgIpc) is 2.89. The number of benzene rings is 1. The molecule has 1 atom stereocenters. The number of aromatic amines is 1. The maximum atomic E-state index is 11.3. The van der Waals surface area contributed by atoms with Crippen LogP contribution in [-0.2, 0) is 24.1 Å². The summed E-state index contributed by atoms with van der Waals surface area (Å²) < 4.78 is 0. The maximum absolute atomic E-state index is 11.3. The molecule has 3 rings (SSSR count). The Morgan fingerprint density at radius 2 is 2.10 bits per heavy atom. The molecule has 1 heterocycles. The van der Waals surface area contributed by atoms with Gasteiger partial charge in [-0.1, -0.05) is 29.8 Å². The first kappa shape index (κ1) is 13.9. The van der Waals surface area contributed by atoms with E-state index in [-0.39, 0.29) is 0 Å². The van der Waals surface area contributed by atoms with Gasteiger partial charge in [0.25, 0.3) is 0 Å². The number of carboxylic acid groups (broad SMARTS) is 1. The van der Waals surface area contributed by atoms with Crippen LogP contribution < -0.4 is 0 Å². The Bertz CT molecular complexity index is 643. The number of carbonyl (C=O) groups is 1. The normalized spacial score (nSPS) is 17.5. The number of hydrogen-bond acceptors (Lipinski definition) is 2. The van der Waals surface area contributed by atoms with Crippen LogP contribution in [0.2, 0.25) is 0 Å². The minimum Gasteiger partial charge on any atom is -0.481 e. The third kappa shape index (κ3) is 2.99. The molecule has 0 fully saturated rings. The number of aliphatic carboxylic acids is 1. The second-order valence-electron chi connectivity index (χ2n) is 5.82. The van der Waals surface area contributed by atoms with Gasteiger partial charge in [-0.25, -0.2) is 4.98 Å². The van der Waals surface area contributed by atoms with Crippen LogP contribution in [0.3, 0.4) is 0 Å². The van der Waals surface area contributed by atoms with Gasteiger partial charge in [-0.3, -0.25) is 4.79 Å². The van der Waals surface area contributed by atoms with Crippen molar-refractivity contribution in [2.75, 3.05) is 0 Å². The summed E-state index contributed by atoms with van der Waals surface area (Å²) in [6, 6.07) is 8.50. The van der Waals surface area contributed by atoms with Gasteiger partial charge in [-0.05, 0) is 38.2 Å². The number of fused-ring (bicyclic) bond motifs is 1. The predicted octanol–water partition coefficient (Wildman–Crippen LogP) is 3.01. The van der Waals surface area contributed by atoms with E-state index in [9.17, 15) is 9.90 Å². The first-order valence-corrected chi connectivity index (χ1v) is 7.49. The zero-order chi connectivity index (χ0) is 14.8. The molecule has 110 valence electrons. The summed E-state index contributed by atoms with van der Waals surface area (Å²) in [7, 11) is 0. The number of carboxylic acids is 1. The van der Waals surface area contributed by atoms with E-state index < -0.39 is 11.9 Å². The lowest BCUT2D eigenvalue weighted by atomic mass is 9.90. The lowest BCUT2D eigenvalue weighted by molar-refractivity contribution is -0.139. The van der Waals surface area contributed by atoms with E-state index >= 15 is 0 Å². The Balaban J connectivity index is 1.72. The van der Waals surface area contributed by atoms with Crippen LogP contribution in [0.5, 0.6) is 0 Å². The van der Waals surface area contributed by atoms with Crippen LogP contribution in [0.15, 0.2) is 24.3 Å². The van der Waals surface area contributed by atoms with Crippen LogP contribution in [-0.4, -0.2) is 21.0 Å². The van der Waals surface area contributed by atoms with Gasteiger partial charge in [-0.15, -0.1) is 0 Å². The number of hydrogen-bond donors (Lipinski definition) is 2. The third-order valence-electron chi connectivity index (χ3n) is 4.18. The summed E-state index contributed by atoms with van der Waals surface area (Å²) in [5.74, 6) is -0.278. The molecule has 21 heavy (non-hydrogen) atoms. The summed E-state index contributed by atoms with van der Waals surface area (Å²) in [6.45, 7) is 2.08. The van der Waals surface area contributed by atoms with Crippen LogP contribution in [0.1, 0.15) is 47.1 Å². The van der Waals surface area contributed by atoms with Gasteiger partial charge in [0, 0.05) is 12.1 Å². The van der Waals surface area contributed by atoms with Gasteiger partial charge in [0.2, 0.25) is 0 Å². The van der Waals surface area contributed by atoms with E-state index in [1.165, 1.54) is 11.1 Å². The summed E-state index contributed by atoms with van der Waals surface area (Å²) in [4.78, 5) is 19.2. The minimum atomic E-state index is -0.757. The molecule has 0 bridgehead atoms. The van der Waals surface area contributed by atoms with Crippen LogP contribution in [0, 0.1) is 6.92 Å². The molecule has 4 nitrogen and oxygen atoms in total. The number of imidazole rings is 1. The van der Waals surface area contributed by atoms with E-state index in [0.717, 1.165) is 42.9 Å². The Labute approximate surface area is 124 Å². The highest BCUT2D eigenvalue weighted by Gasteiger charge is 2.29. The van der Waals surface area contributed by atoms with Gasteiger partial charge in [0.05, 0.1) is 5.69 Å². The Kier molecular flexibility index (Phi) is 3.78. The first-order chi connectivity index (χ1) is 10.1. The highest BCUT2D eigenvalue weighted by molar-refractivity contribution is 5.76. The second kappa shape index (κ2) is 5.72. The van der Waals surface area contributed by atoms with E-state index in [4.69, 9.17) is 0 Å². The fourth-order valence-electron chi connectivity index (χ4n) is 2.95. The van der Waals surface area contributed by atoms with Crippen molar-refractivity contribution in [2.45, 2.75) is 44.9 Å². The smallest absolute Gasteiger partial charge is 0.312 e. The van der Waals surface area contributed by atoms with E-state index in [1.54, 1.807) is 0 Å². The molecule has 0 saturated heterocycles. The topological polar surface area (TPSA) is 66.0 Å². The van der Waals surface area contributed by atoms with Crippen molar-refractivity contribution in [1.82, 2.24) is 9.97 Å². The predicted molar refractivity (Wildman–Crippen MR) is 80.5 cm³/mol. The van der Waals surface area contributed by atoms with Gasteiger partial charge in [0.15, 0.2) is 0 Å². The number of aromatic nitrogens is 2. The van der Waals surface area contributed by atoms with E-state index in [1.807, 2.05) is 0 Å². The molecule has 2 N–H and O–H groups in total. The minimum absolute atomic E-state index is 0.432. The number of nitrogens with one attached hydrogen (secondary N) is 1. The van der Waals surface area contributed by atoms with E-state index in [0.29, 0.717) is 6.42 Å². The van der Waals surface area contributed by atoms with Crippen molar-refractivity contribution in [3.63, 3.8) is 0 Å². The zero-order valence-corrected chi connectivity index (χ0v) is 12.2. The summed E-state index contributed by atoms with van der Waals surface area (Å²) >= 11 is 0. The van der Waals surface area contributed by atoms with Gasteiger partial charge in [-0.2, -0.15) is 0 Å². The van der Waals surface area contributed by atoms with Gasteiger partial charge < -0.3 is 10.1 Å². The summed E-state index contributed by atoms with van der Waals surface area (Å²) in [5, 5.41) is 9.27. The highest BCUT2D eigenvalue weighted by Crippen LogP contribution is 2.30. The highest BCUT2D eigenvalue weighted by atomic mass is 16.4.